The molecule has 0 saturated carbocycles. The van der Waals surface area contributed by atoms with Gasteiger partial charge < -0.3 is 13.6 Å². The predicted molar refractivity (Wildman–Crippen MR) is 93.9 cm³/mol. The minimum atomic E-state index is -4.37. The third-order valence-electron chi connectivity index (χ3n) is 3.03. The predicted octanol–water partition coefficient (Wildman–Crippen LogP) is 4.75. The van der Waals surface area contributed by atoms with Gasteiger partial charge in [-0.2, -0.15) is 4.57 Å². The Kier molecular flexibility index (Phi) is 5.67. The fourth-order valence-electron chi connectivity index (χ4n) is 1.66. The number of nitrogens with zero attached hydrogens (tertiary/aromatic N) is 1. The van der Waals surface area contributed by atoms with Gasteiger partial charge in [0.1, 0.15) is 11.5 Å². The van der Waals surface area contributed by atoms with Crippen LogP contribution in [0.2, 0.25) is 0 Å². The van der Waals surface area contributed by atoms with Crippen molar-refractivity contribution in [1.29, 1.82) is 0 Å². The van der Waals surface area contributed by atoms with Crippen LogP contribution in [0.4, 0.5) is 5.69 Å². The molecule has 0 heterocycles. The van der Waals surface area contributed by atoms with Crippen molar-refractivity contribution in [2.75, 3.05) is 0 Å². The number of hydrogen-bond acceptors (Lipinski definition) is 7. The van der Waals surface area contributed by atoms with Crippen LogP contribution in [0.15, 0.2) is 54.6 Å². The Morgan fingerprint density at radius 1 is 0.962 bits per heavy atom. The van der Waals surface area contributed by atoms with Gasteiger partial charge in [0, 0.05) is 12.1 Å². The molecule has 1 atom stereocenters. The van der Waals surface area contributed by atoms with Crippen molar-refractivity contribution in [1.82, 2.24) is 0 Å². The molecule has 138 valence electrons. The highest BCUT2D eigenvalue weighted by Crippen LogP contribution is 2.51. The van der Waals surface area contributed by atoms with Crippen LogP contribution in [0.1, 0.15) is 20.8 Å². The lowest BCUT2D eigenvalue weighted by Crippen LogP contribution is -2.24. The van der Waals surface area contributed by atoms with Crippen LogP contribution in [0.3, 0.4) is 0 Å². The van der Waals surface area contributed by atoms with Gasteiger partial charge in [-0.1, -0.05) is 18.2 Å². The minimum Gasteiger partial charge on any atom is -0.386 e. The van der Waals surface area contributed by atoms with E-state index in [4.69, 9.17) is 13.6 Å². The number of carbonyl (C=O) groups excluding carboxylic acids is 1. The maximum absolute atomic E-state index is 13.0. The van der Waals surface area contributed by atoms with Gasteiger partial charge in [0.05, 0.1) is 10.3 Å². The second kappa shape index (κ2) is 7.58. The molecule has 0 radical (unpaired) electrons. The quantitative estimate of drug-likeness (QED) is 0.405. The van der Waals surface area contributed by atoms with Gasteiger partial charge >= 0.3 is 13.8 Å². The zero-order valence-corrected chi connectivity index (χ0v) is 15.3. The molecule has 26 heavy (non-hydrogen) atoms. The summed E-state index contributed by atoms with van der Waals surface area (Å²) in [6.45, 7) is 4.77. The Morgan fingerprint density at radius 3 is 1.92 bits per heavy atom. The molecule has 0 aliphatic heterocycles. The number of phosphoric acid groups is 1. The number of rotatable bonds is 6. The van der Waals surface area contributed by atoms with Crippen molar-refractivity contribution < 1.29 is 27.9 Å². The van der Waals surface area contributed by atoms with Gasteiger partial charge in [0.15, 0.2) is 0 Å². The first kappa shape index (κ1) is 19.5. The van der Waals surface area contributed by atoms with Crippen LogP contribution < -0.4 is 9.05 Å². The third-order valence-corrected chi connectivity index (χ3v) is 4.29. The number of para-hydroxylation sites is 1. The maximum Gasteiger partial charge on any atom is 0.649 e. The average Bonchev–Trinajstić information content (AvgIpc) is 2.55. The summed E-state index contributed by atoms with van der Waals surface area (Å²) in [5.41, 5.74) is -1.10. The highest BCUT2D eigenvalue weighted by Gasteiger charge is 2.39. The lowest BCUT2D eigenvalue weighted by Gasteiger charge is -2.22. The van der Waals surface area contributed by atoms with Crippen LogP contribution in [0.5, 0.6) is 11.5 Å². The van der Waals surface area contributed by atoms with E-state index in [0.717, 1.165) is 0 Å². The molecule has 0 N–H and O–H groups in total. The van der Waals surface area contributed by atoms with Crippen molar-refractivity contribution >= 4 is 19.5 Å². The number of nitro benzene ring substituents is 1. The molecule has 8 nitrogen and oxygen atoms in total. The zero-order valence-electron chi connectivity index (χ0n) is 14.4. The van der Waals surface area contributed by atoms with Gasteiger partial charge in [0.25, 0.3) is 5.69 Å². The number of benzene rings is 2. The number of carbonyl (C=O) groups is 1. The summed E-state index contributed by atoms with van der Waals surface area (Å²) in [6, 6.07) is 12.9. The topological polar surface area (TPSA) is 105 Å². The molecule has 0 aliphatic carbocycles. The molecule has 0 fully saturated rings. The zero-order chi connectivity index (χ0) is 19.4. The van der Waals surface area contributed by atoms with E-state index in [1.165, 1.54) is 36.4 Å². The SMILES string of the molecule is CC(C)(C)C(=O)OP(=O)(Oc1ccccc1)Oc1ccc([N+](=O)[O-])cc1. The van der Waals surface area contributed by atoms with Crippen molar-refractivity contribution in [2.24, 2.45) is 5.41 Å². The minimum absolute atomic E-state index is 0.00317. The second-order valence-electron chi connectivity index (χ2n) is 6.32. The van der Waals surface area contributed by atoms with E-state index in [1.807, 2.05) is 0 Å². The standard InChI is InChI=1S/C17H18NO7P/c1-17(2,3)16(19)25-26(22,23-14-7-5-4-6-8-14)24-15-11-9-13(10-12-15)18(20)21/h4-12H,1-3H3. The average molecular weight is 379 g/mol. The normalized spacial score (nSPS) is 13.3. The van der Waals surface area contributed by atoms with Crippen LogP contribution in [0, 0.1) is 15.5 Å². The van der Waals surface area contributed by atoms with E-state index >= 15 is 0 Å². The summed E-state index contributed by atoms with van der Waals surface area (Å²) in [4.78, 5) is 22.3. The van der Waals surface area contributed by atoms with Crippen molar-refractivity contribution in [2.45, 2.75) is 20.8 Å². The van der Waals surface area contributed by atoms with Gasteiger partial charge in [-0.25, -0.2) is 0 Å². The Morgan fingerprint density at radius 2 is 1.46 bits per heavy atom. The molecule has 0 amide bonds. The molecule has 2 aromatic rings. The van der Waals surface area contributed by atoms with Crippen molar-refractivity contribution in [3.05, 3.63) is 64.7 Å². The van der Waals surface area contributed by atoms with Crippen LogP contribution in [0.25, 0.3) is 0 Å². The maximum atomic E-state index is 13.0. The van der Waals surface area contributed by atoms with E-state index in [9.17, 15) is 19.5 Å². The fraction of sp³-hybridized carbons (Fsp3) is 0.235. The third kappa shape index (κ3) is 5.32. The molecule has 0 aromatic heterocycles. The largest absolute Gasteiger partial charge is 0.649 e. The van der Waals surface area contributed by atoms with Crippen molar-refractivity contribution in [3.8, 4) is 11.5 Å². The van der Waals surface area contributed by atoms with Gasteiger partial charge in [0.2, 0.25) is 0 Å². The first-order valence-corrected chi connectivity index (χ1v) is 9.08. The van der Waals surface area contributed by atoms with E-state index in [1.54, 1.807) is 39.0 Å². The van der Waals surface area contributed by atoms with E-state index in [0.29, 0.717) is 0 Å². The molecule has 9 heteroatoms. The lowest BCUT2D eigenvalue weighted by atomic mass is 9.98. The molecule has 2 rings (SSSR count). The smallest absolute Gasteiger partial charge is 0.386 e. The number of hydrogen-bond donors (Lipinski definition) is 0. The Hall–Kier alpha value is -2.86. The molecular formula is C17H18NO7P. The van der Waals surface area contributed by atoms with Crippen LogP contribution in [-0.4, -0.2) is 10.9 Å². The summed E-state index contributed by atoms with van der Waals surface area (Å²) < 4.78 is 28.6. The Bertz CT molecular complexity index is 828. The van der Waals surface area contributed by atoms with Crippen LogP contribution in [-0.2, 0) is 13.9 Å². The van der Waals surface area contributed by atoms with Gasteiger partial charge in [-0.05, 0) is 45.0 Å². The highest BCUT2D eigenvalue weighted by molar-refractivity contribution is 7.50. The molecule has 0 spiro atoms. The summed E-state index contributed by atoms with van der Waals surface area (Å²) in [7, 11) is -4.37. The summed E-state index contributed by atoms with van der Waals surface area (Å²) in [5, 5.41) is 10.7. The Labute approximate surface area is 150 Å². The number of non-ortho nitro benzene ring substituents is 1. The highest BCUT2D eigenvalue weighted by atomic mass is 31.2. The molecule has 2 aromatic carbocycles. The molecular weight excluding hydrogens is 361 g/mol. The number of phosphoric ester groups is 1. The van der Waals surface area contributed by atoms with E-state index < -0.39 is 24.1 Å². The van der Waals surface area contributed by atoms with E-state index in [2.05, 4.69) is 0 Å². The fourth-order valence-corrected chi connectivity index (χ4v) is 3.01. The molecule has 0 aliphatic rings. The molecule has 0 bridgehead atoms. The van der Waals surface area contributed by atoms with Gasteiger partial charge in [-0.3, -0.25) is 14.9 Å². The molecule has 0 saturated heterocycles. The summed E-state index contributed by atoms with van der Waals surface area (Å²) >= 11 is 0. The monoisotopic (exact) mass is 379 g/mol. The first-order chi connectivity index (χ1) is 12.1. The van der Waals surface area contributed by atoms with Gasteiger partial charge in [-0.15, -0.1) is 0 Å². The first-order valence-electron chi connectivity index (χ1n) is 7.62. The van der Waals surface area contributed by atoms with E-state index in [-0.39, 0.29) is 17.2 Å². The Balaban J connectivity index is 2.28. The lowest BCUT2D eigenvalue weighted by molar-refractivity contribution is -0.384. The van der Waals surface area contributed by atoms with Crippen LogP contribution >= 0.6 is 7.82 Å². The summed E-state index contributed by atoms with van der Waals surface area (Å²) in [6.07, 6.45) is 0. The second-order valence-corrected chi connectivity index (χ2v) is 7.76. The number of nitro groups is 1. The van der Waals surface area contributed by atoms with Crippen molar-refractivity contribution in [3.63, 3.8) is 0 Å². The molecule has 1 unspecified atom stereocenters. The summed E-state index contributed by atoms with van der Waals surface area (Å²) in [5.74, 6) is -0.602.